The molecule has 128 valence electrons. The average molecular weight is 318 g/mol. The highest BCUT2D eigenvalue weighted by atomic mass is 16.3. The van der Waals surface area contributed by atoms with E-state index in [1.54, 1.807) is 0 Å². The fraction of sp³-hybridized carbons (Fsp3) is 0.850. The minimum absolute atomic E-state index is 0.0663. The van der Waals surface area contributed by atoms with Gasteiger partial charge < -0.3 is 10.2 Å². The summed E-state index contributed by atoms with van der Waals surface area (Å²) in [7, 11) is 0. The Hall–Kier alpha value is -0.670. The summed E-state index contributed by atoms with van der Waals surface area (Å²) in [6.45, 7) is 4.63. The first-order valence-electron chi connectivity index (χ1n) is 9.43. The van der Waals surface area contributed by atoms with Crippen molar-refractivity contribution >= 4 is 5.78 Å². The Morgan fingerprint density at radius 1 is 1.26 bits per heavy atom. The van der Waals surface area contributed by atoms with Crippen molar-refractivity contribution < 1.29 is 15.0 Å². The molecule has 3 saturated carbocycles. The maximum absolute atomic E-state index is 12.1. The van der Waals surface area contributed by atoms with Crippen molar-refractivity contribution in [2.75, 3.05) is 6.61 Å². The first-order chi connectivity index (χ1) is 10.9. The van der Waals surface area contributed by atoms with Crippen LogP contribution in [-0.4, -0.2) is 28.7 Å². The summed E-state index contributed by atoms with van der Waals surface area (Å²) in [4.78, 5) is 12.1. The highest BCUT2D eigenvalue weighted by Gasteiger charge is 2.61. The average Bonchev–Trinajstić information content (AvgIpc) is 2.82. The van der Waals surface area contributed by atoms with Crippen LogP contribution < -0.4 is 0 Å². The van der Waals surface area contributed by atoms with Gasteiger partial charge in [-0.1, -0.05) is 25.5 Å². The molecule has 7 atom stereocenters. The zero-order valence-electron chi connectivity index (χ0n) is 14.4. The lowest BCUT2D eigenvalue weighted by atomic mass is 9.45. The Labute approximate surface area is 139 Å². The second-order valence-corrected chi connectivity index (χ2v) is 9.00. The monoisotopic (exact) mass is 318 g/mol. The van der Waals surface area contributed by atoms with E-state index in [1.807, 2.05) is 0 Å². The van der Waals surface area contributed by atoms with Gasteiger partial charge in [0.1, 0.15) is 5.78 Å². The third-order valence-electron chi connectivity index (χ3n) is 8.35. The van der Waals surface area contributed by atoms with Crippen molar-refractivity contribution in [2.24, 2.45) is 34.5 Å². The molecular formula is C20H30O3. The van der Waals surface area contributed by atoms with Crippen LogP contribution in [0.4, 0.5) is 0 Å². The van der Waals surface area contributed by atoms with E-state index in [0.717, 1.165) is 32.1 Å². The van der Waals surface area contributed by atoms with Crippen molar-refractivity contribution in [3.63, 3.8) is 0 Å². The number of aliphatic hydroxyl groups is 2. The molecule has 2 N–H and O–H groups in total. The Balaban J connectivity index is 1.75. The van der Waals surface area contributed by atoms with E-state index >= 15 is 0 Å². The molecule has 0 spiro atoms. The summed E-state index contributed by atoms with van der Waals surface area (Å²) in [6, 6.07) is 0. The standard InChI is InChI=1S/C20H30O3/c1-12-9-14(22)10-13-3-4-15-16-5-6-18(23)19(16,2)8-7-17(15)20(12,13)11-21/h3,12,15-18,21,23H,4-11H2,1-2H3/t12-,15+,16+,17+,18+,19+,20+/m1/s1. The van der Waals surface area contributed by atoms with Crippen LogP contribution in [0.2, 0.25) is 0 Å². The molecule has 4 aliphatic rings. The largest absolute Gasteiger partial charge is 0.395 e. The third kappa shape index (κ3) is 1.93. The predicted molar refractivity (Wildman–Crippen MR) is 88.7 cm³/mol. The van der Waals surface area contributed by atoms with Crippen molar-refractivity contribution in [3.05, 3.63) is 11.6 Å². The van der Waals surface area contributed by atoms with Crippen LogP contribution >= 0.6 is 0 Å². The second kappa shape index (κ2) is 5.16. The van der Waals surface area contributed by atoms with E-state index in [9.17, 15) is 15.0 Å². The van der Waals surface area contributed by atoms with E-state index in [4.69, 9.17) is 0 Å². The molecular weight excluding hydrogens is 288 g/mol. The van der Waals surface area contributed by atoms with Gasteiger partial charge in [-0.2, -0.15) is 0 Å². The van der Waals surface area contributed by atoms with E-state index < -0.39 is 0 Å². The van der Waals surface area contributed by atoms with Crippen LogP contribution in [0, 0.1) is 34.5 Å². The predicted octanol–water partition coefficient (Wildman–Crippen LogP) is 3.10. The van der Waals surface area contributed by atoms with Crippen molar-refractivity contribution in [1.82, 2.24) is 0 Å². The Morgan fingerprint density at radius 3 is 2.78 bits per heavy atom. The van der Waals surface area contributed by atoms with Gasteiger partial charge in [0.25, 0.3) is 0 Å². The molecule has 0 aromatic heterocycles. The molecule has 0 radical (unpaired) electrons. The zero-order valence-corrected chi connectivity index (χ0v) is 14.4. The maximum Gasteiger partial charge on any atom is 0.137 e. The molecule has 0 amide bonds. The second-order valence-electron chi connectivity index (χ2n) is 9.00. The molecule has 0 aromatic rings. The van der Waals surface area contributed by atoms with E-state index in [-0.39, 0.29) is 29.5 Å². The molecule has 0 unspecified atom stereocenters. The first kappa shape index (κ1) is 15.8. The van der Waals surface area contributed by atoms with E-state index in [1.165, 1.54) is 5.57 Å². The number of hydrogen-bond donors (Lipinski definition) is 2. The molecule has 4 aliphatic carbocycles. The molecule has 0 saturated heterocycles. The SMILES string of the molecule is C[C@@H]1CC(=O)CC2=CC[C@H]3[C@@H]4CC[C@H](O)[C@@]4(C)CC[C@@H]3[C@]21CO. The summed E-state index contributed by atoms with van der Waals surface area (Å²) in [5.74, 6) is 2.20. The molecule has 23 heavy (non-hydrogen) atoms. The van der Waals surface area contributed by atoms with Crippen molar-refractivity contribution in [1.29, 1.82) is 0 Å². The van der Waals surface area contributed by atoms with Gasteiger partial charge in [0.2, 0.25) is 0 Å². The lowest BCUT2D eigenvalue weighted by Gasteiger charge is -2.59. The molecule has 0 aliphatic heterocycles. The van der Waals surface area contributed by atoms with Crippen LogP contribution in [0.15, 0.2) is 11.6 Å². The Morgan fingerprint density at radius 2 is 2.04 bits per heavy atom. The first-order valence-corrected chi connectivity index (χ1v) is 9.43. The quantitative estimate of drug-likeness (QED) is 0.731. The summed E-state index contributed by atoms with van der Waals surface area (Å²) in [6.07, 6.45) is 8.55. The van der Waals surface area contributed by atoms with Gasteiger partial charge in [-0.25, -0.2) is 0 Å². The molecule has 0 heterocycles. The normalized spacial score (nSPS) is 52.4. The number of hydrogen-bond acceptors (Lipinski definition) is 3. The smallest absolute Gasteiger partial charge is 0.137 e. The fourth-order valence-electron chi connectivity index (χ4n) is 7.04. The minimum Gasteiger partial charge on any atom is -0.395 e. The highest BCUT2D eigenvalue weighted by molar-refractivity contribution is 5.83. The summed E-state index contributed by atoms with van der Waals surface area (Å²) >= 11 is 0. The number of carbonyl (C=O) groups excluding carboxylic acids is 1. The molecule has 4 rings (SSSR count). The molecule has 0 bridgehead atoms. The number of rotatable bonds is 1. The number of Topliss-reactive ketones (excluding diaryl/α,β-unsaturated/α-hetero) is 1. The summed E-state index contributed by atoms with van der Waals surface area (Å²) in [5.41, 5.74) is 1.12. The summed E-state index contributed by atoms with van der Waals surface area (Å²) in [5, 5.41) is 20.9. The summed E-state index contributed by atoms with van der Waals surface area (Å²) < 4.78 is 0. The maximum atomic E-state index is 12.1. The Kier molecular flexibility index (Phi) is 3.55. The van der Waals surface area contributed by atoms with Gasteiger partial charge >= 0.3 is 0 Å². The van der Waals surface area contributed by atoms with E-state index in [2.05, 4.69) is 19.9 Å². The third-order valence-corrected chi connectivity index (χ3v) is 8.35. The number of fused-ring (bicyclic) bond motifs is 5. The highest BCUT2D eigenvalue weighted by Crippen LogP contribution is 2.65. The van der Waals surface area contributed by atoms with Crippen molar-refractivity contribution in [2.45, 2.75) is 64.9 Å². The topological polar surface area (TPSA) is 57.5 Å². The van der Waals surface area contributed by atoms with Crippen LogP contribution in [0.25, 0.3) is 0 Å². The van der Waals surface area contributed by atoms with Crippen LogP contribution in [0.3, 0.4) is 0 Å². The zero-order chi connectivity index (χ0) is 16.4. The Bertz CT molecular complexity index is 553. The van der Waals surface area contributed by atoms with Gasteiger partial charge in [0.15, 0.2) is 0 Å². The number of aliphatic hydroxyl groups excluding tert-OH is 2. The number of allylic oxidation sites excluding steroid dienone is 1. The van der Waals surface area contributed by atoms with Crippen LogP contribution in [0.5, 0.6) is 0 Å². The molecule has 3 fully saturated rings. The van der Waals surface area contributed by atoms with Gasteiger partial charge in [0.05, 0.1) is 12.7 Å². The number of ketones is 1. The minimum atomic E-state index is -0.175. The fourth-order valence-corrected chi connectivity index (χ4v) is 7.04. The van der Waals surface area contributed by atoms with Gasteiger partial charge in [-0.15, -0.1) is 0 Å². The van der Waals surface area contributed by atoms with Crippen LogP contribution in [-0.2, 0) is 4.79 Å². The van der Waals surface area contributed by atoms with Crippen molar-refractivity contribution in [3.8, 4) is 0 Å². The lowest BCUT2D eigenvalue weighted by Crippen LogP contribution is -2.55. The van der Waals surface area contributed by atoms with Crippen LogP contribution in [0.1, 0.15) is 58.8 Å². The van der Waals surface area contributed by atoms with Gasteiger partial charge in [0, 0.05) is 18.3 Å². The molecule has 0 aromatic carbocycles. The lowest BCUT2D eigenvalue weighted by molar-refractivity contribution is -0.130. The van der Waals surface area contributed by atoms with Gasteiger partial charge in [-0.3, -0.25) is 4.79 Å². The molecule has 3 heteroatoms. The van der Waals surface area contributed by atoms with Gasteiger partial charge in [-0.05, 0) is 61.2 Å². The molecule has 3 nitrogen and oxygen atoms in total. The van der Waals surface area contributed by atoms with E-state index in [0.29, 0.717) is 36.4 Å². The number of carbonyl (C=O) groups is 1.